The third-order valence-electron chi connectivity index (χ3n) is 4.27. The lowest BCUT2D eigenvalue weighted by atomic mass is 10.0. The molecule has 0 amide bonds. The van der Waals surface area contributed by atoms with Crippen LogP contribution in [0.2, 0.25) is 0 Å². The molecule has 0 radical (unpaired) electrons. The van der Waals surface area contributed by atoms with Crippen molar-refractivity contribution in [2.45, 2.75) is 131 Å². The van der Waals surface area contributed by atoms with Gasteiger partial charge >= 0.3 is 0 Å². The fourth-order valence-corrected chi connectivity index (χ4v) is 2.13. The van der Waals surface area contributed by atoms with Crippen LogP contribution in [0.5, 0.6) is 0 Å². The Morgan fingerprint density at radius 1 is 0.462 bits per heavy atom. The molecule has 0 N–H and O–H groups in total. The molecule has 158 valence electrons. The molecule has 0 saturated carbocycles. The van der Waals surface area contributed by atoms with Gasteiger partial charge in [0.1, 0.15) is 0 Å². The summed E-state index contributed by atoms with van der Waals surface area (Å²) in [5.74, 6) is -2.10. The van der Waals surface area contributed by atoms with Gasteiger partial charge in [-0.25, -0.2) is 9.78 Å². The molecular formula is C20H42O6. The van der Waals surface area contributed by atoms with Gasteiger partial charge in [-0.05, 0) is 54.4 Å². The van der Waals surface area contributed by atoms with Crippen LogP contribution in [-0.4, -0.2) is 22.8 Å². The minimum Gasteiger partial charge on any atom is -0.228 e. The van der Waals surface area contributed by atoms with Gasteiger partial charge in [0.25, 0.3) is 0 Å². The van der Waals surface area contributed by atoms with Gasteiger partial charge in [-0.3, -0.25) is 0 Å². The van der Waals surface area contributed by atoms with Crippen LogP contribution in [0, 0.1) is 0 Å². The van der Waals surface area contributed by atoms with Crippen LogP contribution in [0.25, 0.3) is 0 Å². The highest BCUT2D eigenvalue weighted by atomic mass is 17.4. The summed E-state index contributed by atoms with van der Waals surface area (Å²) < 4.78 is 0. The molecule has 2 atom stereocenters. The van der Waals surface area contributed by atoms with Gasteiger partial charge in [0.15, 0.2) is 0 Å². The largest absolute Gasteiger partial charge is 0.231 e. The van der Waals surface area contributed by atoms with Crippen LogP contribution in [0.1, 0.15) is 108 Å². The Morgan fingerprint density at radius 3 is 0.962 bits per heavy atom. The highest BCUT2D eigenvalue weighted by Crippen LogP contribution is 2.29. The van der Waals surface area contributed by atoms with Crippen molar-refractivity contribution in [2.24, 2.45) is 0 Å². The first-order chi connectivity index (χ1) is 11.9. The maximum absolute atomic E-state index is 5.59. The van der Waals surface area contributed by atoms with Crippen molar-refractivity contribution >= 4 is 0 Å². The third kappa shape index (κ3) is 10.2. The lowest BCUT2D eigenvalue weighted by Gasteiger charge is -2.35. The monoisotopic (exact) mass is 378 g/mol. The first-order valence-electron chi connectivity index (χ1n) is 9.97. The molecule has 0 aliphatic rings. The molecule has 0 rings (SSSR count). The summed E-state index contributed by atoms with van der Waals surface area (Å²) in [7, 11) is 0. The molecule has 0 aromatic carbocycles. The zero-order valence-electron chi connectivity index (χ0n) is 18.7. The maximum atomic E-state index is 5.59. The van der Waals surface area contributed by atoms with Crippen molar-refractivity contribution in [3.05, 3.63) is 0 Å². The van der Waals surface area contributed by atoms with E-state index in [-0.39, 0.29) is 0 Å². The first kappa shape index (κ1) is 25.8. The van der Waals surface area contributed by atoms with Crippen molar-refractivity contribution in [2.75, 3.05) is 0 Å². The second-order valence-electron chi connectivity index (χ2n) is 8.49. The average Bonchev–Trinajstić information content (AvgIpc) is 2.57. The second-order valence-corrected chi connectivity index (χ2v) is 8.49. The average molecular weight is 379 g/mol. The Labute approximate surface area is 160 Å². The van der Waals surface area contributed by atoms with E-state index in [0.717, 1.165) is 25.7 Å². The smallest absolute Gasteiger partial charge is 0.228 e. The Morgan fingerprint density at radius 2 is 0.731 bits per heavy atom. The van der Waals surface area contributed by atoms with Gasteiger partial charge in [-0.1, -0.05) is 40.5 Å². The van der Waals surface area contributed by atoms with Gasteiger partial charge < -0.3 is 0 Å². The van der Waals surface area contributed by atoms with E-state index in [1.54, 1.807) is 13.8 Å². The SMILES string of the molecule is CCCC(C)(C)OOC(C)(CC)OOC(C)(CC)OOC(C)(C)CCC. The molecule has 0 heterocycles. The molecule has 0 saturated heterocycles. The van der Waals surface area contributed by atoms with E-state index in [4.69, 9.17) is 29.3 Å². The predicted molar refractivity (Wildman–Crippen MR) is 102 cm³/mol. The highest BCUT2D eigenvalue weighted by Gasteiger charge is 2.37. The lowest BCUT2D eigenvalue weighted by molar-refractivity contribution is -0.588. The predicted octanol–water partition coefficient (Wildman–Crippen LogP) is 6.24. The summed E-state index contributed by atoms with van der Waals surface area (Å²) in [5, 5.41) is 0. The molecule has 0 aromatic rings. The van der Waals surface area contributed by atoms with Crippen molar-refractivity contribution in [3.63, 3.8) is 0 Å². The van der Waals surface area contributed by atoms with Crippen LogP contribution in [-0.2, 0) is 29.3 Å². The van der Waals surface area contributed by atoms with Gasteiger partial charge in [0.2, 0.25) is 11.6 Å². The summed E-state index contributed by atoms with van der Waals surface area (Å²) in [5.41, 5.74) is -0.793. The fourth-order valence-electron chi connectivity index (χ4n) is 2.13. The third-order valence-corrected chi connectivity index (χ3v) is 4.27. The summed E-state index contributed by atoms with van der Waals surface area (Å²) in [6.45, 7) is 19.6. The van der Waals surface area contributed by atoms with Crippen molar-refractivity contribution in [1.82, 2.24) is 0 Å². The molecule has 6 heteroatoms. The van der Waals surface area contributed by atoms with E-state index < -0.39 is 22.8 Å². The molecule has 0 aliphatic carbocycles. The standard InChI is InChI=1S/C20H42O6/c1-11-15-17(5,6)21-23-19(9,13-3)25-26-20(10,14-4)24-22-18(7,8)16-12-2/h11-16H2,1-10H3. The summed E-state index contributed by atoms with van der Waals surface area (Å²) >= 11 is 0. The second kappa shape index (κ2) is 10.9. The molecule has 0 aromatic heterocycles. The van der Waals surface area contributed by atoms with E-state index in [1.165, 1.54) is 0 Å². The minimum absolute atomic E-state index is 0.396. The van der Waals surface area contributed by atoms with E-state index in [2.05, 4.69) is 13.8 Å². The van der Waals surface area contributed by atoms with Crippen LogP contribution in [0.15, 0.2) is 0 Å². The van der Waals surface area contributed by atoms with Gasteiger partial charge in [-0.15, -0.1) is 0 Å². The Kier molecular flexibility index (Phi) is 10.8. The molecule has 0 spiro atoms. The van der Waals surface area contributed by atoms with Gasteiger partial charge in [0.05, 0.1) is 11.2 Å². The Bertz CT molecular complexity index is 348. The Hall–Kier alpha value is -0.240. The molecule has 0 bridgehead atoms. The maximum Gasteiger partial charge on any atom is 0.231 e. The van der Waals surface area contributed by atoms with E-state index >= 15 is 0 Å². The molecule has 6 nitrogen and oxygen atoms in total. The quantitative estimate of drug-likeness (QED) is 0.191. The zero-order valence-corrected chi connectivity index (χ0v) is 18.7. The molecule has 0 fully saturated rings. The van der Waals surface area contributed by atoms with E-state index in [9.17, 15) is 0 Å². The van der Waals surface area contributed by atoms with Crippen LogP contribution >= 0.6 is 0 Å². The van der Waals surface area contributed by atoms with Crippen LogP contribution < -0.4 is 0 Å². The van der Waals surface area contributed by atoms with Crippen molar-refractivity contribution < 1.29 is 29.3 Å². The highest BCUT2D eigenvalue weighted by molar-refractivity contribution is 4.67. The molecule has 2 unspecified atom stereocenters. The number of rotatable bonds is 15. The summed E-state index contributed by atoms with van der Waals surface area (Å²) in [6, 6.07) is 0. The molecule has 0 aliphatic heterocycles. The van der Waals surface area contributed by atoms with E-state index in [0.29, 0.717) is 12.8 Å². The first-order valence-corrected chi connectivity index (χ1v) is 9.97. The van der Waals surface area contributed by atoms with E-state index in [1.807, 2.05) is 41.5 Å². The fraction of sp³-hybridized carbons (Fsp3) is 1.00. The minimum atomic E-state index is -1.05. The van der Waals surface area contributed by atoms with Gasteiger partial charge in [0, 0.05) is 12.8 Å². The lowest BCUT2D eigenvalue weighted by Crippen LogP contribution is -2.42. The number of hydrogen-bond acceptors (Lipinski definition) is 6. The van der Waals surface area contributed by atoms with Crippen LogP contribution in [0.4, 0.5) is 0 Å². The van der Waals surface area contributed by atoms with Crippen molar-refractivity contribution in [3.8, 4) is 0 Å². The number of hydrogen-bond donors (Lipinski definition) is 0. The summed E-state index contributed by atoms with van der Waals surface area (Å²) in [6.07, 6.45) is 4.84. The molecular weight excluding hydrogens is 336 g/mol. The zero-order chi connectivity index (χ0) is 20.5. The van der Waals surface area contributed by atoms with Crippen molar-refractivity contribution in [1.29, 1.82) is 0 Å². The van der Waals surface area contributed by atoms with Gasteiger partial charge in [-0.2, -0.15) is 19.6 Å². The normalized spacial score (nSPS) is 17.8. The summed E-state index contributed by atoms with van der Waals surface area (Å²) in [4.78, 5) is 33.5. The van der Waals surface area contributed by atoms with Crippen LogP contribution in [0.3, 0.4) is 0 Å². The molecule has 26 heavy (non-hydrogen) atoms. The Balaban J connectivity index is 4.73. The topological polar surface area (TPSA) is 55.4 Å².